The highest BCUT2D eigenvalue weighted by Gasteiger charge is 2.33. The van der Waals surface area contributed by atoms with Crippen LogP contribution in [0, 0.1) is 5.41 Å². The smallest absolute Gasteiger partial charge is 0.340 e. The molecule has 0 fully saturated rings. The molecule has 0 N–H and O–H groups in total. The largest absolute Gasteiger partial charge is 0.461 e. The Morgan fingerprint density at radius 3 is 1.83 bits per heavy atom. The van der Waals surface area contributed by atoms with Crippen LogP contribution in [0.5, 0.6) is 0 Å². The molecule has 0 heterocycles. The molecule has 0 bridgehead atoms. The average molecular weight is 254 g/mol. The van der Waals surface area contributed by atoms with Crippen molar-refractivity contribution in [1.29, 1.82) is 0 Å². The van der Waals surface area contributed by atoms with Crippen molar-refractivity contribution in [2.75, 3.05) is 6.61 Å². The molecule has 18 heavy (non-hydrogen) atoms. The SMILES string of the molecule is C=C(C)C(=O)OCC(C)(C)C(=O)OC(=O)C(=C)C. The van der Waals surface area contributed by atoms with Gasteiger partial charge in [-0.1, -0.05) is 13.2 Å². The zero-order chi connectivity index (χ0) is 14.5. The van der Waals surface area contributed by atoms with Crippen molar-refractivity contribution < 1.29 is 23.9 Å². The molecule has 0 aliphatic heterocycles. The predicted octanol–water partition coefficient (Wildman–Crippen LogP) is 1.78. The highest BCUT2D eigenvalue weighted by atomic mass is 16.6. The number of hydrogen-bond donors (Lipinski definition) is 0. The van der Waals surface area contributed by atoms with E-state index in [1.54, 1.807) is 0 Å². The van der Waals surface area contributed by atoms with Crippen molar-refractivity contribution in [3.63, 3.8) is 0 Å². The van der Waals surface area contributed by atoms with Gasteiger partial charge in [-0.25, -0.2) is 9.59 Å². The van der Waals surface area contributed by atoms with E-state index in [1.165, 1.54) is 27.7 Å². The molecule has 0 aromatic carbocycles. The Hall–Kier alpha value is -1.91. The first-order valence-electron chi connectivity index (χ1n) is 5.32. The molecule has 100 valence electrons. The third kappa shape index (κ3) is 4.95. The van der Waals surface area contributed by atoms with E-state index in [4.69, 9.17) is 4.74 Å². The molecule has 0 aromatic heterocycles. The lowest BCUT2D eigenvalue weighted by Gasteiger charge is -2.21. The van der Waals surface area contributed by atoms with Crippen LogP contribution in [0.25, 0.3) is 0 Å². The first-order chi connectivity index (χ1) is 8.08. The van der Waals surface area contributed by atoms with Gasteiger partial charge in [0, 0.05) is 11.1 Å². The topological polar surface area (TPSA) is 69.7 Å². The van der Waals surface area contributed by atoms with Gasteiger partial charge >= 0.3 is 17.9 Å². The van der Waals surface area contributed by atoms with Gasteiger partial charge in [-0.2, -0.15) is 0 Å². The Morgan fingerprint density at radius 1 is 1.00 bits per heavy atom. The van der Waals surface area contributed by atoms with Gasteiger partial charge in [0.1, 0.15) is 6.61 Å². The van der Waals surface area contributed by atoms with Crippen molar-refractivity contribution in [2.45, 2.75) is 27.7 Å². The van der Waals surface area contributed by atoms with E-state index in [0.717, 1.165) is 0 Å². The van der Waals surface area contributed by atoms with Crippen molar-refractivity contribution in [3.05, 3.63) is 24.3 Å². The molecule has 0 spiro atoms. The molecular formula is C13H18O5. The number of esters is 3. The fourth-order valence-corrected chi connectivity index (χ4v) is 0.738. The van der Waals surface area contributed by atoms with Gasteiger partial charge in [-0.3, -0.25) is 4.79 Å². The lowest BCUT2D eigenvalue weighted by Crippen LogP contribution is -2.34. The maximum absolute atomic E-state index is 11.7. The third-order valence-electron chi connectivity index (χ3n) is 2.00. The molecular weight excluding hydrogens is 236 g/mol. The standard InChI is InChI=1S/C13H18O5/c1-8(2)10(14)17-7-13(5,6)12(16)18-11(15)9(3)4/h1,3,7H2,2,4-6H3. The van der Waals surface area contributed by atoms with E-state index in [-0.39, 0.29) is 17.8 Å². The Kier molecular flexibility index (Phi) is 5.49. The van der Waals surface area contributed by atoms with Crippen molar-refractivity contribution in [3.8, 4) is 0 Å². The summed E-state index contributed by atoms with van der Waals surface area (Å²) in [6, 6.07) is 0. The molecule has 0 rings (SSSR count). The fourth-order valence-electron chi connectivity index (χ4n) is 0.738. The number of hydrogen-bond acceptors (Lipinski definition) is 5. The molecule has 0 aliphatic carbocycles. The molecule has 0 aromatic rings. The van der Waals surface area contributed by atoms with E-state index in [1.807, 2.05) is 0 Å². The lowest BCUT2D eigenvalue weighted by atomic mass is 9.95. The van der Waals surface area contributed by atoms with Crippen molar-refractivity contribution in [2.24, 2.45) is 5.41 Å². The summed E-state index contributed by atoms with van der Waals surface area (Å²) in [6.07, 6.45) is 0. The zero-order valence-corrected chi connectivity index (χ0v) is 11.2. The summed E-state index contributed by atoms with van der Waals surface area (Å²) >= 11 is 0. The molecule has 5 heteroatoms. The van der Waals surface area contributed by atoms with Gasteiger partial charge in [0.25, 0.3) is 0 Å². The number of rotatable bonds is 5. The molecule has 0 radical (unpaired) electrons. The van der Waals surface area contributed by atoms with Crippen LogP contribution >= 0.6 is 0 Å². The van der Waals surface area contributed by atoms with Crippen molar-refractivity contribution >= 4 is 17.9 Å². The minimum atomic E-state index is -1.11. The second-order valence-corrected chi connectivity index (χ2v) is 4.70. The number of carbonyl (C=O) groups excluding carboxylic acids is 3. The van der Waals surface area contributed by atoms with E-state index in [2.05, 4.69) is 17.9 Å². The minimum Gasteiger partial charge on any atom is -0.461 e. The highest BCUT2D eigenvalue weighted by molar-refractivity contribution is 5.97. The first-order valence-corrected chi connectivity index (χ1v) is 5.32. The summed E-state index contributed by atoms with van der Waals surface area (Å²) in [4.78, 5) is 34.0. The van der Waals surface area contributed by atoms with Gasteiger partial charge in [-0.15, -0.1) is 0 Å². The Morgan fingerprint density at radius 2 is 1.44 bits per heavy atom. The van der Waals surface area contributed by atoms with Gasteiger partial charge in [0.2, 0.25) is 0 Å². The molecule has 0 saturated carbocycles. The van der Waals surface area contributed by atoms with Gasteiger partial charge in [0.15, 0.2) is 0 Å². The summed E-state index contributed by atoms with van der Waals surface area (Å²) in [5.74, 6) is -2.16. The normalized spacial score (nSPS) is 10.4. The summed E-state index contributed by atoms with van der Waals surface area (Å²) in [7, 11) is 0. The highest BCUT2D eigenvalue weighted by Crippen LogP contribution is 2.19. The van der Waals surface area contributed by atoms with Crippen LogP contribution in [0.3, 0.4) is 0 Å². The summed E-state index contributed by atoms with van der Waals surface area (Å²) < 4.78 is 9.44. The molecule has 0 amide bonds. The van der Waals surface area contributed by atoms with Gasteiger partial charge in [0.05, 0.1) is 5.41 Å². The zero-order valence-electron chi connectivity index (χ0n) is 11.2. The predicted molar refractivity (Wildman–Crippen MR) is 65.5 cm³/mol. The Balaban J connectivity index is 4.49. The van der Waals surface area contributed by atoms with E-state index in [9.17, 15) is 14.4 Å². The van der Waals surface area contributed by atoms with Crippen LogP contribution in [0.4, 0.5) is 0 Å². The second-order valence-electron chi connectivity index (χ2n) is 4.70. The lowest BCUT2D eigenvalue weighted by molar-refractivity contribution is -0.167. The van der Waals surface area contributed by atoms with E-state index >= 15 is 0 Å². The molecule has 0 atom stereocenters. The second kappa shape index (κ2) is 6.14. The molecule has 0 saturated heterocycles. The quantitative estimate of drug-likeness (QED) is 0.425. The van der Waals surface area contributed by atoms with Crippen LogP contribution < -0.4 is 0 Å². The summed E-state index contributed by atoms with van der Waals surface area (Å²) in [5, 5.41) is 0. The summed E-state index contributed by atoms with van der Waals surface area (Å²) in [6.45, 7) is 12.5. The van der Waals surface area contributed by atoms with Gasteiger partial charge < -0.3 is 9.47 Å². The summed E-state index contributed by atoms with van der Waals surface area (Å²) in [5.41, 5.74) is -0.758. The van der Waals surface area contributed by atoms with Crippen LogP contribution in [-0.4, -0.2) is 24.5 Å². The maximum Gasteiger partial charge on any atom is 0.340 e. The van der Waals surface area contributed by atoms with Crippen molar-refractivity contribution in [1.82, 2.24) is 0 Å². The maximum atomic E-state index is 11.7. The van der Waals surface area contributed by atoms with Gasteiger partial charge in [-0.05, 0) is 27.7 Å². The van der Waals surface area contributed by atoms with Crippen LogP contribution in [-0.2, 0) is 23.9 Å². The fraction of sp³-hybridized carbons (Fsp3) is 0.462. The molecule has 0 unspecified atom stereocenters. The average Bonchev–Trinajstić information content (AvgIpc) is 2.25. The minimum absolute atomic E-state index is 0.123. The van der Waals surface area contributed by atoms with Crippen LogP contribution in [0.1, 0.15) is 27.7 Å². The Labute approximate surface area is 106 Å². The van der Waals surface area contributed by atoms with E-state index < -0.39 is 23.3 Å². The van der Waals surface area contributed by atoms with Crippen LogP contribution in [0.2, 0.25) is 0 Å². The molecule has 0 aliphatic rings. The monoisotopic (exact) mass is 254 g/mol. The van der Waals surface area contributed by atoms with E-state index in [0.29, 0.717) is 0 Å². The van der Waals surface area contributed by atoms with Crippen LogP contribution in [0.15, 0.2) is 24.3 Å². The molecule has 5 nitrogen and oxygen atoms in total. The third-order valence-corrected chi connectivity index (χ3v) is 2.00. The Bertz CT molecular complexity index is 404. The number of ether oxygens (including phenoxy) is 2. The number of carbonyl (C=O) groups is 3. The first kappa shape index (κ1) is 16.1.